The van der Waals surface area contributed by atoms with Gasteiger partial charge in [-0.05, 0) is 37.9 Å². The van der Waals surface area contributed by atoms with E-state index in [2.05, 4.69) is 10.6 Å². The summed E-state index contributed by atoms with van der Waals surface area (Å²) in [6.45, 7) is 1.77. The minimum Gasteiger partial charge on any atom is -0.497 e. The molecule has 1 aliphatic rings. The number of hydrogen-bond donors (Lipinski definition) is 2. The maximum Gasteiger partial charge on any atom is 0.251 e. The van der Waals surface area contributed by atoms with Crippen molar-refractivity contribution in [3.05, 3.63) is 23.8 Å². The van der Waals surface area contributed by atoms with Crippen LogP contribution in [0.25, 0.3) is 0 Å². The van der Waals surface area contributed by atoms with Crippen molar-refractivity contribution >= 4 is 5.91 Å². The van der Waals surface area contributed by atoms with Gasteiger partial charge < -0.3 is 20.1 Å². The molecule has 1 amide bonds. The zero-order valence-corrected chi connectivity index (χ0v) is 12.8. The highest BCUT2D eigenvalue weighted by Gasteiger charge is 2.13. The number of benzene rings is 1. The molecule has 1 saturated heterocycles. The summed E-state index contributed by atoms with van der Waals surface area (Å²) in [5.41, 5.74) is 0.558. The normalized spacial score (nSPS) is 18.1. The number of ether oxygens (including phenoxy) is 2. The SMILES string of the molecule is COc1cc(OC)cc(C(=O)NCCC2CCCCN2)c1. The van der Waals surface area contributed by atoms with Crippen molar-refractivity contribution in [2.24, 2.45) is 0 Å². The van der Waals surface area contributed by atoms with E-state index in [9.17, 15) is 4.79 Å². The van der Waals surface area contributed by atoms with Gasteiger partial charge >= 0.3 is 0 Å². The first-order chi connectivity index (χ1) is 10.2. The summed E-state index contributed by atoms with van der Waals surface area (Å²) in [5, 5.41) is 6.44. The Morgan fingerprint density at radius 2 is 1.95 bits per heavy atom. The standard InChI is InChI=1S/C16H24N2O3/c1-20-14-9-12(10-15(11-14)21-2)16(19)18-8-6-13-5-3-4-7-17-13/h9-11,13,17H,3-8H2,1-2H3,(H,18,19). The van der Waals surface area contributed by atoms with Crippen molar-refractivity contribution in [2.45, 2.75) is 31.7 Å². The summed E-state index contributed by atoms with van der Waals surface area (Å²) in [6, 6.07) is 5.72. The first-order valence-electron chi connectivity index (χ1n) is 7.47. The second-order valence-corrected chi connectivity index (χ2v) is 5.29. The molecule has 1 aliphatic heterocycles. The molecule has 116 valence electrons. The van der Waals surface area contributed by atoms with Crippen molar-refractivity contribution in [3.63, 3.8) is 0 Å². The Labute approximate surface area is 126 Å². The fourth-order valence-electron chi connectivity index (χ4n) is 2.57. The summed E-state index contributed by atoms with van der Waals surface area (Å²) in [5.74, 6) is 1.14. The zero-order valence-electron chi connectivity index (χ0n) is 12.8. The monoisotopic (exact) mass is 292 g/mol. The number of carbonyl (C=O) groups excluding carboxylic acids is 1. The van der Waals surface area contributed by atoms with E-state index in [-0.39, 0.29) is 5.91 Å². The second-order valence-electron chi connectivity index (χ2n) is 5.29. The lowest BCUT2D eigenvalue weighted by molar-refractivity contribution is 0.0951. The van der Waals surface area contributed by atoms with Crippen LogP contribution in [-0.2, 0) is 0 Å². The highest BCUT2D eigenvalue weighted by molar-refractivity contribution is 5.95. The largest absolute Gasteiger partial charge is 0.497 e. The highest BCUT2D eigenvalue weighted by atomic mass is 16.5. The molecule has 1 aromatic carbocycles. The lowest BCUT2D eigenvalue weighted by Crippen LogP contribution is -2.37. The predicted octanol–water partition coefficient (Wildman–Crippen LogP) is 1.97. The van der Waals surface area contributed by atoms with E-state index >= 15 is 0 Å². The summed E-state index contributed by atoms with van der Waals surface area (Å²) in [6.07, 6.45) is 4.70. The van der Waals surface area contributed by atoms with E-state index in [1.807, 2.05) is 0 Å². The molecule has 1 atom stereocenters. The third-order valence-electron chi connectivity index (χ3n) is 3.80. The number of amides is 1. The van der Waals surface area contributed by atoms with Crippen LogP contribution in [0, 0.1) is 0 Å². The molecule has 1 heterocycles. The molecule has 0 aromatic heterocycles. The Hall–Kier alpha value is -1.75. The quantitative estimate of drug-likeness (QED) is 0.841. The first kappa shape index (κ1) is 15.6. The smallest absolute Gasteiger partial charge is 0.251 e. The highest BCUT2D eigenvalue weighted by Crippen LogP contribution is 2.22. The van der Waals surface area contributed by atoms with Crippen LogP contribution in [0.4, 0.5) is 0 Å². The molecule has 1 aromatic rings. The van der Waals surface area contributed by atoms with Crippen molar-refractivity contribution < 1.29 is 14.3 Å². The van der Waals surface area contributed by atoms with Gasteiger partial charge in [-0.15, -0.1) is 0 Å². The number of carbonyl (C=O) groups is 1. The number of piperidine rings is 1. The molecular weight excluding hydrogens is 268 g/mol. The average Bonchev–Trinajstić information content (AvgIpc) is 2.55. The van der Waals surface area contributed by atoms with E-state index < -0.39 is 0 Å². The predicted molar refractivity (Wildman–Crippen MR) is 82.1 cm³/mol. The summed E-state index contributed by atoms with van der Waals surface area (Å²) >= 11 is 0. The summed E-state index contributed by atoms with van der Waals surface area (Å²) in [4.78, 5) is 12.2. The van der Waals surface area contributed by atoms with Crippen LogP contribution in [0.1, 0.15) is 36.0 Å². The third kappa shape index (κ3) is 4.63. The molecular formula is C16H24N2O3. The van der Waals surface area contributed by atoms with Crippen LogP contribution < -0.4 is 20.1 Å². The fourth-order valence-corrected chi connectivity index (χ4v) is 2.57. The van der Waals surface area contributed by atoms with E-state index in [4.69, 9.17) is 9.47 Å². The molecule has 21 heavy (non-hydrogen) atoms. The van der Waals surface area contributed by atoms with Crippen LogP contribution in [0.2, 0.25) is 0 Å². The van der Waals surface area contributed by atoms with Crippen molar-refractivity contribution in [1.82, 2.24) is 10.6 Å². The summed E-state index contributed by atoms with van der Waals surface area (Å²) in [7, 11) is 3.15. The van der Waals surface area contributed by atoms with Crippen LogP contribution in [0.3, 0.4) is 0 Å². The van der Waals surface area contributed by atoms with Crippen LogP contribution >= 0.6 is 0 Å². The van der Waals surface area contributed by atoms with Crippen molar-refractivity contribution in [2.75, 3.05) is 27.3 Å². The molecule has 5 heteroatoms. The number of nitrogens with one attached hydrogen (secondary N) is 2. The van der Waals surface area contributed by atoms with Crippen LogP contribution in [-0.4, -0.2) is 39.3 Å². The van der Waals surface area contributed by atoms with Gasteiger partial charge in [-0.1, -0.05) is 6.42 Å². The molecule has 1 fully saturated rings. The summed E-state index contributed by atoms with van der Waals surface area (Å²) < 4.78 is 10.4. The fraction of sp³-hybridized carbons (Fsp3) is 0.562. The Balaban J connectivity index is 1.87. The lowest BCUT2D eigenvalue weighted by Gasteiger charge is -2.23. The van der Waals surface area contributed by atoms with Gasteiger partial charge in [0.1, 0.15) is 11.5 Å². The van der Waals surface area contributed by atoms with Gasteiger partial charge in [0.2, 0.25) is 0 Å². The number of rotatable bonds is 6. The molecule has 1 unspecified atom stereocenters. The molecule has 2 N–H and O–H groups in total. The van der Waals surface area contributed by atoms with Crippen LogP contribution in [0.15, 0.2) is 18.2 Å². The molecule has 0 bridgehead atoms. The average molecular weight is 292 g/mol. The Morgan fingerprint density at radius 1 is 1.24 bits per heavy atom. The Morgan fingerprint density at radius 3 is 2.52 bits per heavy atom. The molecule has 0 saturated carbocycles. The maximum atomic E-state index is 12.2. The zero-order chi connectivity index (χ0) is 15.1. The van der Waals surface area contributed by atoms with Gasteiger partial charge in [0, 0.05) is 24.2 Å². The number of methoxy groups -OCH3 is 2. The van der Waals surface area contributed by atoms with Crippen molar-refractivity contribution in [1.29, 1.82) is 0 Å². The minimum absolute atomic E-state index is 0.0944. The molecule has 0 spiro atoms. The lowest BCUT2D eigenvalue weighted by atomic mass is 10.0. The first-order valence-corrected chi connectivity index (χ1v) is 7.47. The van der Waals surface area contributed by atoms with Gasteiger partial charge in [-0.3, -0.25) is 4.79 Å². The Kier molecular flexibility index (Phi) is 5.87. The van der Waals surface area contributed by atoms with Gasteiger partial charge in [-0.2, -0.15) is 0 Å². The van der Waals surface area contributed by atoms with Crippen LogP contribution in [0.5, 0.6) is 11.5 Å². The van der Waals surface area contributed by atoms with E-state index in [1.54, 1.807) is 32.4 Å². The molecule has 2 rings (SSSR count). The molecule has 0 aliphatic carbocycles. The van der Waals surface area contributed by atoms with E-state index in [0.717, 1.165) is 13.0 Å². The van der Waals surface area contributed by atoms with Crippen molar-refractivity contribution in [3.8, 4) is 11.5 Å². The topological polar surface area (TPSA) is 59.6 Å². The minimum atomic E-state index is -0.0944. The van der Waals surface area contributed by atoms with Gasteiger partial charge in [-0.25, -0.2) is 0 Å². The molecule has 5 nitrogen and oxygen atoms in total. The number of hydrogen-bond acceptors (Lipinski definition) is 4. The Bertz CT molecular complexity index is 448. The van der Waals surface area contributed by atoms with E-state index in [1.165, 1.54) is 19.3 Å². The van der Waals surface area contributed by atoms with Gasteiger partial charge in [0.15, 0.2) is 0 Å². The molecule has 0 radical (unpaired) electrons. The van der Waals surface area contributed by atoms with Gasteiger partial charge in [0.05, 0.1) is 14.2 Å². The van der Waals surface area contributed by atoms with E-state index in [0.29, 0.717) is 29.6 Å². The van der Waals surface area contributed by atoms with Gasteiger partial charge in [0.25, 0.3) is 5.91 Å². The third-order valence-corrected chi connectivity index (χ3v) is 3.80. The maximum absolute atomic E-state index is 12.2. The second kappa shape index (κ2) is 7.88.